The van der Waals surface area contributed by atoms with Gasteiger partial charge in [0.25, 0.3) is 0 Å². The van der Waals surface area contributed by atoms with Crippen molar-refractivity contribution < 1.29 is 28.5 Å². The molecule has 0 unspecified atom stereocenters. The van der Waals surface area contributed by atoms with E-state index in [4.69, 9.17) is 18.6 Å². The summed E-state index contributed by atoms with van der Waals surface area (Å²) in [6.07, 6.45) is 0. The second-order valence-corrected chi connectivity index (χ2v) is 6.65. The van der Waals surface area contributed by atoms with Crippen LogP contribution >= 0.6 is 0 Å². The van der Waals surface area contributed by atoms with Crippen molar-refractivity contribution >= 4 is 16.9 Å². The Hall–Kier alpha value is -3.93. The third-order valence-electron chi connectivity index (χ3n) is 4.93. The van der Waals surface area contributed by atoms with Crippen LogP contribution in [-0.4, -0.2) is 32.4 Å². The number of hydrogen-bond acceptors (Lipinski definition) is 5. The van der Waals surface area contributed by atoms with E-state index in [1.54, 1.807) is 39.5 Å². The minimum absolute atomic E-state index is 0.181. The average molecular weight is 404 g/mol. The molecule has 1 N–H and O–H groups in total. The van der Waals surface area contributed by atoms with Crippen molar-refractivity contribution in [3.05, 3.63) is 66.2 Å². The number of ether oxygens (including phenoxy) is 3. The number of methoxy groups -OCH3 is 3. The average Bonchev–Trinajstić information content (AvgIpc) is 3.17. The lowest BCUT2D eigenvalue weighted by molar-refractivity contribution is 0.0697. The Kier molecular flexibility index (Phi) is 5.06. The molecule has 4 aromatic rings. The minimum atomic E-state index is -1.00. The molecule has 0 atom stereocenters. The number of rotatable bonds is 6. The number of carboxylic acid groups (broad SMARTS) is 1. The van der Waals surface area contributed by atoms with Gasteiger partial charge < -0.3 is 23.7 Å². The molecule has 3 aromatic carbocycles. The van der Waals surface area contributed by atoms with Crippen LogP contribution in [0.15, 0.2) is 65.1 Å². The highest BCUT2D eigenvalue weighted by Crippen LogP contribution is 2.43. The summed E-state index contributed by atoms with van der Waals surface area (Å²) in [7, 11) is 4.77. The van der Waals surface area contributed by atoms with E-state index in [2.05, 4.69) is 0 Å². The maximum absolute atomic E-state index is 11.6. The first-order valence-corrected chi connectivity index (χ1v) is 9.21. The normalized spacial score (nSPS) is 10.8. The molecule has 0 aliphatic heterocycles. The van der Waals surface area contributed by atoms with Crippen LogP contribution in [0.25, 0.3) is 33.4 Å². The van der Waals surface area contributed by atoms with Crippen molar-refractivity contribution in [2.45, 2.75) is 0 Å². The number of hydrogen-bond donors (Lipinski definition) is 1. The highest BCUT2D eigenvalue weighted by molar-refractivity contribution is 6.04. The third-order valence-corrected chi connectivity index (χ3v) is 4.93. The molecule has 152 valence electrons. The highest BCUT2D eigenvalue weighted by Gasteiger charge is 2.20. The lowest BCUT2D eigenvalue weighted by Crippen LogP contribution is -1.95. The molecular weight excluding hydrogens is 384 g/mol. The number of fused-ring (bicyclic) bond motifs is 1. The van der Waals surface area contributed by atoms with Gasteiger partial charge in [-0.1, -0.05) is 0 Å². The van der Waals surface area contributed by atoms with E-state index < -0.39 is 5.97 Å². The van der Waals surface area contributed by atoms with Gasteiger partial charge in [0.05, 0.1) is 26.9 Å². The summed E-state index contributed by atoms with van der Waals surface area (Å²) in [6, 6.07) is 17.8. The fraction of sp³-hybridized carbons (Fsp3) is 0.125. The van der Waals surface area contributed by atoms with Crippen LogP contribution in [0.5, 0.6) is 17.2 Å². The van der Waals surface area contributed by atoms with Crippen LogP contribution < -0.4 is 14.2 Å². The first-order valence-electron chi connectivity index (χ1n) is 9.21. The zero-order valence-corrected chi connectivity index (χ0v) is 16.8. The van der Waals surface area contributed by atoms with Crippen LogP contribution in [-0.2, 0) is 0 Å². The van der Waals surface area contributed by atoms with Gasteiger partial charge in [0, 0.05) is 22.6 Å². The zero-order valence-electron chi connectivity index (χ0n) is 16.8. The first-order chi connectivity index (χ1) is 14.5. The Labute approximate surface area is 173 Å². The largest absolute Gasteiger partial charge is 0.497 e. The van der Waals surface area contributed by atoms with Crippen molar-refractivity contribution in [1.82, 2.24) is 0 Å². The summed E-state index contributed by atoms with van der Waals surface area (Å²) in [5.41, 5.74) is 3.15. The molecule has 0 bridgehead atoms. The molecule has 0 radical (unpaired) electrons. The summed E-state index contributed by atoms with van der Waals surface area (Å²) in [4.78, 5) is 11.6. The van der Waals surface area contributed by atoms with E-state index in [0.717, 1.165) is 22.4 Å². The van der Waals surface area contributed by atoms with Gasteiger partial charge in [-0.05, 0) is 60.2 Å². The van der Waals surface area contributed by atoms with E-state index in [1.807, 2.05) is 36.4 Å². The van der Waals surface area contributed by atoms with E-state index in [1.165, 1.54) is 6.07 Å². The van der Waals surface area contributed by atoms with Crippen LogP contribution in [0.2, 0.25) is 0 Å². The Morgan fingerprint density at radius 1 is 0.767 bits per heavy atom. The second-order valence-electron chi connectivity index (χ2n) is 6.65. The van der Waals surface area contributed by atoms with Gasteiger partial charge in [0.15, 0.2) is 0 Å². The van der Waals surface area contributed by atoms with Gasteiger partial charge >= 0.3 is 5.97 Å². The maximum atomic E-state index is 11.6. The van der Waals surface area contributed by atoms with Crippen LogP contribution in [0.1, 0.15) is 10.4 Å². The molecule has 0 aliphatic carbocycles. The van der Waals surface area contributed by atoms with Gasteiger partial charge in [-0.2, -0.15) is 0 Å². The topological polar surface area (TPSA) is 78.1 Å². The quantitative estimate of drug-likeness (QED) is 0.458. The highest BCUT2D eigenvalue weighted by atomic mass is 16.5. The molecular formula is C24H20O6. The molecule has 0 aliphatic rings. The molecule has 0 spiro atoms. The van der Waals surface area contributed by atoms with Crippen LogP contribution in [0, 0.1) is 0 Å². The fourth-order valence-corrected chi connectivity index (χ4v) is 3.41. The summed E-state index contributed by atoms with van der Waals surface area (Å²) in [5.74, 6) is 1.58. The summed E-state index contributed by atoms with van der Waals surface area (Å²) >= 11 is 0. The van der Waals surface area contributed by atoms with E-state index in [-0.39, 0.29) is 5.56 Å². The van der Waals surface area contributed by atoms with Gasteiger partial charge in [-0.3, -0.25) is 0 Å². The van der Waals surface area contributed by atoms with Gasteiger partial charge in [-0.15, -0.1) is 0 Å². The van der Waals surface area contributed by atoms with Gasteiger partial charge in [0.2, 0.25) is 0 Å². The predicted molar refractivity (Wildman–Crippen MR) is 114 cm³/mol. The zero-order chi connectivity index (χ0) is 21.3. The standard InChI is InChI=1S/C24H20O6/c1-27-17-7-4-14(5-8-17)23-22(16-10-18(28-2)13-19(11-16)29-3)20-12-15(24(25)26)6-9-21(20)30-23/h4-13H,1-3H3,(H,25,26). The molecule has 6 heteroatoms. The maximum Gasteiger partial charge on any atom is 0.335 e. The molecule has 0 amide bonds. The summed E-state index contributed by atoms with van der Waals surface area (Å²) in [5, 5.41) is 10.2. The van der Waals surface area contributed by atoms with Crippen LogP contribution in [0.3, 0.4) is 0 Å². The van der Waals surface area contributed by atoms with E-state index >= 15 is 0 Å². The Morgan fingerprint density at radius 2 is 1.40 bits per heavy atom. The SMILES string of the molecule is COc1ccc(-c2oc3ccc(C(=O)O)cc3c2-c2cc(OC)cc(OC)c2)cc1. The molecule has 0 fully saturated rings. The minimum Gasteiger partial charge on any atom is -0.497 e. The number of benzene rings is 3. The Balaban J connectivity index is 2.03. The van der Waals surface area contributed by atoms with Gasteiger partial charge in [0.1, 0.15) is 28.6 Å². The number of carbonyl (C=O) groups is 1. The molecule has 4 rings (SSSR count). The number of furan rings is 1. The Morgan fingerprint density at radius 3 is 1.97 bits per heavy atom. The van der Waals surface area contributed by atoms with Gasteiger partial charge in [-0.25, -0.2) is 4.79 Å². The molecule has 1 heterocycles. The van der Waals surface area contributed by atoms with Crippen LogP contribution in [0.4, 0.5) is 0 Å². The molecule has 1 aromatic heterocycles. The molecule has 6 nitrogen and oxygen atoms in total. The van der Waals surface area contributed by atoms with Crippen molar-refractivity contribution in [1.29, 1.82) is 0 Å². The van der Waals surface area contributed by atoms with E-state index in [9.17, 15) is 9.90 Å². The predicted octanol–water partition coefficient (Wildman–Crippen LogP) is 5.49. The van der Waals surface area contributed by atoms with Crippen molar-refractivity contribution in [2.75, 3.05) is 21.3 Å². The molecule has 0 saturated carbocycles. The number of carboxylic acids is 1. The first kappa shape index (κ1) is 19.4. The molecule has 0 saturated heterocycles. The van der Waals surface area contributed by atoms with Crippen molar-refractivity contribution in [2.24, 2.45) is 0 Å². The van der Waals surface area contributed by atoms with Crippen molar-refractivity contribution in [3.63, 3.8) is 0 Å². The lowest BCUT2D eigenvalue weighted by atomic mass is 9.97. The monoisotopic (exact) mass is 404 g/mol. The van der Waals surface area contributed by atoms with E-state index in [0.29, 0.717) is 28.2 Å². The smallest absolute Gasteiger partial charge is 0.335 e. The lowest BCUT2D eigenvalue weighted by Gasteiger charge is -2.10. The number of aromatic carboxylic acids is 1. The Bertz CT molecular complexity index is 1200. The molecule has 30 heavy (non-hydrogen) atoms. The fourth-order valence-electron chi connectivity index (χ4n) is 3.41. The summed E-state index contributed by atoms with van der Waals surface area (Å²) in [6.45, 7) is 0. The summed E-state index contributed by atoms with van der Waals surface area (Å²) < 4.78 is 22.3. The van der Waals surface area contributed by atoms with Crippen molar-refractivity contribution in [3.8, 4) is 39.7 Å². The second kappa shape index (κ2) is 7.83. The third kappa shape index (κ3) is 3.43.